The molecule has 6 aromatic rings. The molecule has 6 rings (SSSR count). The maximum Gasteiger partial charge on any atom is 0.256 e. The third-order valence-corrected chi connectivity index (χ3v) is 6.43. The van der Waals surface area contributed by atoms with Crippen molar-refractivity contribution in [1.29, 1.82) is 0 Å². The topological polar surface area (TPSA) is 66.8 Å². The monoisotopic (exact) mass is 457 g/mol. The summed E-state index contributed by atoms with van der Waals surface area (Å²) in [6, 6.07) is 22.4. The molecular weight excluding hydrogens is 434 g/mol. The van der Waals surface area contributed by atoms with Crippen molar-refractivity contribution in [3.63, 3.8) is 0 Å². The number of H-pyrrole nitrogens is 1. The molecule has 0 unspecified atom stereocenters. The second kappa shape index (κ2) is 8.57. The maximum absolute atomic E-state index is 13.5. The minimum Gasteiger partial charge on any atom is -0.361 e. The largest absolute Gasteiger partial charge is 0.361 e. The average Bonchev–Trinajstić information content (AvgIpc) is 3.61. The van der Waals surface area contributed by atoms with E-state index in [1.807, 2.05) is 78.7 Å². The number of aromatic amines is 1. The second-order valence-corrected chi connectivity index (χ2v) is 8.63. The molecule has 35 heavy (non-hydrogen) atoms. The van der Waals surface area contributed by atoms with Crippen LogP contribution in [0.5, 0.6) is 0 Å². The van der Waals surface area contributed by atoms with Gasteiger partial charge in [-0.15, -0.1) is 0 Å². The lowest BCUT2D eigenvalue weighted by Gasteiger charge is -2.19. The van der Waals surface area contributed by atoms with Gasteiger partial charge in [0.25, 0.3) is 5.91 Å². The number of carbonyl (C=O) groups is 1. The number of aromatic nitrogens is 4. The van der Waals surface area contributed by atoms with Crippen LogP contribution in [0.15, 0.2) is 104 Å². The molecule has 3 aromatic heterocycles. The third-order valence-electron chi connectivity index (χ3n) is 6.43. The van der Waals surface area contributed by atoms with Crippen LogP contribution in [0.1, 0.15) is 15.9 Å². The van der Waals surface area contributed by atoms with E-state index >= 15 is 0 Å². The van der Waals surface area contributed by atoms with Gasteiger partial charge in [0.2, 0.25) is 0 Å². The predicted octanol–water partition coefficient (Wildman–Crippen LogP) is 5.84. The molecule has 1 amide bonds. The van der Waals surface area contributed by atoms with Gasteiger partial charge in [-0.2, -0.15) is 0 Å². The van der Waals surface area contributed by atoms with Crippen molar-refractivity contribution in [3.8, 4) is 16.8 Å². The van der Waals surface area contributed by atoms with E-state index in [9.17, 15) is 4.79 Å². The standard InChI is InChI=1S/C29H23N5O/c1-33(18-20-5-7-22(8-6-20)34-16-15-31-19-34)29(35)26-10-9-24(25-12-14-32-28(25)26)23-4-2-3-21-11-13-30-17-27(21)23/h2-17,19,32H,18H2,1H3. The molecule has 6 heteroatoms. The van der Waals surface area contributed by atoms with Gasteiger partial charge < -0.3 is 14.5 Å². The van der Waals surface area contributed by atoms with Gasteiger partial charge in [-0.3, -0.25) is 9.78 Å². The van der Waals surface area contributed by atoms with E-state index in [2.05, 4.69) is 33.2 Å². The molecule has 0 spiro atoms. The highest BCUT2D eigenvalue weighted by Gasteiger charge is 2.19. The first-order chi connectivity index (χ1) is 17.2. The quantitative estimate of drug-likeness (QED) is 0.354. The Kier molecular flexibility index (Phi) is 5.11. The van der Waals surface area contributed by atoms with Crippen LogP contribution >= 0.6 is 0 Å². The number of hydrogen-bond donors (Lipinski definition) is 1. The first-order valence-corrected chi connectivity index (χ1v) is 11.4. The van der Waals surface area contributed by atoms with Crippen LogP contribution in [-0.2, 0) is 6.54 Å². The Hall–Kier alpha value is -4.71. The summed E-state index contributed by atoms with van der Waals surface area (Å²) in [7, 11) is 1.84. The van der Waals surface area contributed by atoms with Gasteiger partial charge in [-0.25, -0.2) is 4.98 Å². The molecule has 6 nitrogen and oxygen atoms in total. The van der Waals surface area contributed by atoms with Gasteiger partial charge in [-0.1, -0.05) is 36.4 Å². The number of rotatable bonds is 5. The highest BCUT2D eigenvalue weighted by molar-refractivity contribution is 6.12. The normalized spacial score (nSPS) is 11.2. The van der Waals surface area contributed by atoms with Crippen LogP contribution in [0.3, 0.4) is 0 Å². The summed E-state index contributed by atoms with van der Waals surface area (Å²) < 4.78 is 1.95. The summed E-state index contributed by atoms with van der Waals surface area (Å²) in [5, 5.41) is 3.25. The van der Waals surface area contributed by atoms with E-state index in [0.29, 0.717) is 12.1 Å². The van der Waals surface area contributed by atoms with Crippen molar-refractivity contribution >= 4 is 27.6 Å². The van der Waals surface area contributed by atoms with Crippen LogP contribution in [0, 0.1) is 0 Å². The minimum absolute atomic E-state index is 0.0257. The van der Waals surface area contributed by atoms with Gasteiger partial charge in [0.15, 0.2) is 0 Å². The average molecular weight is 458 g/mol. The Labute approximate surface area is 202 Å². The Morgan fingerprint density at radius 3 is 2.60 bits per heavy atom. The van der Waals surface area contributed by atoms with Gasteiger partial charge in [0, 0.05) is 61.0 Å². The van der Waals surface area contributed by atoms with Crippen LogP contribution in [0.4, 0.5) is 0 Å². The third kappa shape index (κ3) is 3.75. The number of nitrogens with zero attached hydrogens (tertiary/aromatic N) is 4. The second-order valence-electron chi connectivity index (χ2n) is 8.63. The highest BCUT2D eigenvalue weighted by atomic mass is 16.2. The summed E-state index contributed by atoms with van der Waals surface area (Å²) in [5.41, 5.74) is 5.78. The fourth-order valence-electron chi connectivity index (χ4n) is 4.65. The Balaban J connectivity index is 1.30. The van der Waals surface area contributed by atoms with Gasteiger partial charge in [0.1, 0.15) is 0 Å². The lowest BCUT2D eigenvalue weighted by Crippen LogP contribution is -2.26. The van der Waals surface area contributed by atoms with E-state index < -0.39 is 0 Å². The number of carbonyl (C=O) groups excluding carboxylic acids is 1. The van der Waals surface area contributed by atoms with Crippen molar-refractivity contribution in [2.45, 2.75) is 6.54 Å². The predicted molar refractivity (Wildman–Crippen MR) is 138 cm³/mol. The minimum atomic E-state index is -0.0257. The van der Waals surface area contributed by atoms with E-state index in [0.717, 1.165) is 44.1 Å². The maximum atomic E-state index is 13.5. The van der Waals surface area contributed by atoms with Crippen LogP contribution in [0.25, 0.3) is 38.5 Å². The van der Waals surface area contributed by atoms with E-state index in [4.69, 9.17) is 0 Å². The van der Waals surface area contributed by atoms with Gasteiger partial charge in [0.05, 0.1) is 17.4 Å². The SMILES string of the molecule is CN(Cc1ccc(-n2ccnc2)cc1)C(=O)c1ccc(-c2cccc3ccncc23)c2cc[nH]c12. The molecule has 1 N–H and O–H groups in total. The van der Waals surface area contributed by atoms with E-state index in [1.54, 1.807) is 23.6 Å². The zero-order valence-corrected chi connectivity index (χ0v) is 19.2. The number of nitrogens with one attached hydrogen (secondary N) is 1. The molecule has 3 aromatic carbocycles. The molecule has 0 aliphatic heterocycles. The Morgan fingerprint density at radius 2 is 1.77 bits per heavy atom. The number of imidazole rings is 1. The highest BCUT2D eigenvalue weighted by Crippen LogP contribution is 2.35. The molecule has 0 fully saturated rings. The number of hydrogen-bond acceptors (Lipinski definition) is 3. The molecule has 0 saturated heterocycles. The number of pyridine rings is 1. The molecule has 0 aliphatic carbocycles. The summed E-state index contributed by atoms with van der Waals surface area (Å²) >= 11 is 0. The molecule has 170 valence electrons. The van der Waals surface area contributed by atoms with Gasteiger partial charge >= 0.3 is 0 Å². The molecular formula is C29H23N5O. The van der Waals surface area contributed by atoms with E-state index in [1.165, 1.54) is 0 Å². The van der Waals surface area contributed by atoms with Crippen molar-refractivity contribution in [3.05, 3.63) is 115 Å². The Morgan fingerprint density at radius 1 is 0.914 bits per heavy atom. The van der Waals surface area contributed by atoms with Crippen molar-refractivity contribution in [2.75, 3.05) is 7.05 Å². The molecule has 0 saturated carbocycles. The van der Waals surface area contributed by atoms with Crippen molar-refractivity contribution in [2.24, 2.45) is 0 Å². The lowest BCUT2D eigenvalue weighted by molar-refractivity contribution is 0.0787. The van der Waals surface area contributed by atoms with Gasteiger partial charge in [-0.05, 0) is 52.4 Å². The van der Waals surface area contributed by atoms with Crippen molar-refractivity contribution in [1.82, 2.24) is 24.4 Å². The van der Waals surface area contributed by atoms with Crippen molar-refractivity contribution < 1.29 is 4.79 Å². The smallest absolute Gasteiger partial charge is 0.256 e. The Bertz CT molecular complexity index is 1640. The lowest BCUT2D eigenvalue weighted by atomic mass is 9.95. The zero-order valence-electron chi connectivity index (χ0n) is 19.2. The first-order valence-electron chi connectivity index (χ1n) is 11.4. The fourth-order valence-corrected chi connectivity index (χ4v) is 4.65. The summed E-state index contributed by atoms with van der Waals surface area (Å²) in [5.74, 6) is -0.0257. The summed E-state index contributed by atoms with van der Waals surface area (Å²) in [4.78, 5) is 26.9. The van der Waals surface area contributed by atoms with E-state index in [-0.39, 0.29) is 5.91 Å². The fraction of sp³-hybridized carbons (Fsp3) is 0.0690. The summed E-state index contributed by atoms with van der Waals surface area (Å²) in [6.07, 6.45) is 11.0. The number of fused-ring (bicyclic) bond motifs is 2. The molecule has 0 radical (unpaired) electrons. The number of benzene rings is 3. The van der Waals surface area contributed by atoms with Crippen LogP contribution < -0.4 is 0 Å². The molecule has 0 atom stereocenters. The molecule has 3 heterocycles. The zero-order chi connectivity index (χ0) is 23.8. The van der Waals surface area contributed by atoms with Crippen LogP contribution in [0.2, 0.25) is 0 Å². The van der Waals surface area contributed by atoms with Crippen LogP contribution in [-0.4, -0.2) is 37.4 Å². The molecule has 0 aliphatic rings. The summed E-state index contributed by atoms with van der Waals surface area (Å²) in [6.45, 7) is 0.516. The first kappa shape index (κ1) is 20.9. The molecule has 0 bridgehead atoms. The number of amides is 1.